The van der Waals surface area contributed by atoms with Crippen LogP contribution in [0.3, 0.4) is 0 Å². The Balaban J connectivity index is 2.16. The summed E-state index contributed by atoms with van der Waals surface area (Å²) in [4.78, 5) is 21.2. The number of ether oxygens (including phenoxy) is 1. The highest BCUT2D eigenvalue weighted by atomic mass is 35.5. The third-order valence-corrected chi connectivity index (χ3v) is 3.69. The van der Waals surface area contributed by atoms with Gasteiger partial charge >= 0.3 is 11.7 Å². The van der Waals surface area contributed by atoms with Crippen LogP contribution in [0, 0.1) is 10.1 Å². The Morgan fingerprint density at radius 1 is 1.28 bits per heavy atom. The zero-order chi connectivity index (χ0) is 18.4. The molecule has 0 aliphatic rings. The third kappa shape index (κ3) is 5.33. The normalized spacial score (nSPS) is 10.6. The number of benzene rings is 2. The standard InChI is InChI=1S/C15H12Cl2N4O4/c16-11-3-1-10(5-12(11)17)8-25-14-4-2-9(6-13(14)21(23)24)7-19-20-15(18)22/h1-7H,8H2,(H3,18,20,22). The Bertz CT molecular complexity index is 842. The molecule has 2 aromatic rings. The molecule has 8 nitrogen and oxygen atoms in total. The maximum atomic E-state index is 11.2. The lowest BCUT2D eigenvalue weighted by atomic mass is 10.2. The van der Waals surface area contributed by atoms with Crippen LogP contribution < -0.4 is 15.9 Å². The van der Waals surface area contributed by atoms with E-state index in [1.165, 1.54) is 18.3 Å². The van der Waals surface area contributed by atoms with Crippen LogP contribution in [0.2, 0.25) is 10.0 Å². The molecule has 0 fully saturated rings. The van der Waals surface area contributed by atoms with Crippen molar-refractivity contribution in [3.8, 4) is 5.75 Å². The third-order valence-electron chi connectivity index (χ3n) is 2.95. The van der Waals surface area contributed by atoms with Crippen LogP contribution in [-0.2, 0) is 6.61 Å². The zero-order valence-electron chi connectivity index (χ0n) is 12.6. The maximum Gasteiger partial charge on any atom is 0.332 e. The minimum Gasteiger partial charge on any atom is -0.482 e. The summed E-state index contributed by atoms with van der Waals surface area (Å²) in [6.45, 7) is 0.0778. The van der Waals surface area contributed by atoms with E-state index in [2.05, 4.69) is 5.10 Å². The average molecular weight is 383 g/mol. The molecule has 2 amide bonds. The van der Waals surface area contributed by atoms with Gasteiger partial charge in [-0.3, -0.25) is 10.1 Å². The topological polar surface area (TPSA) is 120 Å². The molecule has 2 rings (SSSR count). The monoisotopic (exact) mass is 382 g/mol. The van der Waals surface area contributed by atoms with Crippen LogP contribution in [0.1, 0.15) is 11.1 Å². The van der Waals surface area contributed by atoms with E-state index in [4.69, 9.17) is 33.7 Å². The summed E-state index contributed by atoms with van der Waals surface area (Å²) in [6.07, 6.45) is 1.22. The van der Waals surface area contributed by atoms with Gasteiger partial charge in [0.05, 0.1) is 21.2 Å². The number of nitro benzene ring substituents is 1. The van der Waals surface area contributed by atoms with Gasteiger partial charge < -0.3 is 10.5 Å². The number of nitro groups is 1. The zero-order valence-corrected chi connectivity index (χ0v) is 14.1. The summed E-state index contributed by atoms with van der Waals surface area (Å²) in [5.41, 5.74) is 7.71. The second-order valence-corrected chi connectivity index (χ2v) is 5.57. The van der Waals surface area contributed by atoms with E-state index in [1.54, 1.807) is 24.3 Å². The van der Waals surface area contributed by atoms with Gasteiger partial charge in [0.1, 0.15) is 6.61 Å². The van der Waals surface area contributed by atoms with Gasteiger partial charge in [0.15, 0.2) is 5.75 Å². The Labute approximate surface area is 152 Å². The highest BCUT2D eigenvalue weighted by molar-refractivity contribution is 6.42. The number of carbonyl (C=O) groups is 1. The van der Waals surface area contributed by atoms with Gasteiger partial charge in [0.25, 0.3) is 0 Å². The molecule has 0 aliphatic carbocycles. The van der Waals surface area contributed by atoms with Gasteiger partial charge in [0, 0.05) is 11.6 Å². The van der Waals surface area contributed by atoms with Gasteiger partial charge in [0.2, 0.25) is 0 Å². The predicted molar refractivity (Wildman–Crippen MR) is 94.2 cm³/mol. The first-order valence-corrected chi connectivity index (χ1v) is 7.56. The molecule has 10 heteroatoms. The number of hydrogen-bond acceptors (Lipinski definition) is 5. The number of carbonyl (C=O) groups excluding carboxylic acids is 1. The average Bonchev–Trinajstić information content (AvgIpc) is 2.56. The quantitative estimate of drug-likeness (QED) is 0.451. The fraction of sp³-hybridized carbons (Fsp3) is 0.0667. The van der Waals surface area contributed by atoms with Crippen LogP contribution in [0.25, 0.3) is 0 Å². The van der Waals surface area contributed by atoms with Crippen LogP contribution >= 0.6 is 23.2 Å². The van der Waals surface area contributed by atoms with Crippen molar-refractivity contribution in [1.29, 1.82) is 0 Å². The van der Waals surface area contributed by atoms with Crippen molar-refractivity contribution in [2.45, 2.75) is 6.61 Å². The summed E-state index contributed by atoms with van der Waals surface area (Å²) in [7, 11) is 0. The second kappa shape index (κ2) is 8.32. The van der Waals surface area contributed by atoms with Gasteiger partial charge in [-0.2, -0.15) is 5.10 Å². The lowest BCUT2D eigenvalue weighted by Crippen LogP contribution is -2.24. The fourth-order valence-corrected chi connectivity index (χ4v) is 2.16. The van der Waals surface area contributed by atoms with E-state index >= 15 is 0 Å². The van der Waals surface area contributed by atoms with Crippen LogP contribution in [-0.4, -0.2) is 17.2 Å². The van der Waals surface area contributed by atoms with Crippen molar-refractivity contribution in [3.63, 3.8) is 0 Å². The van der Waals surface area contributed by atoms with Crippen LogP contribution in [0.15, 0.2) is 41.5 Å². The molecule has 130 valence electrons. The fourth-order valence-electron chi connectivity index (χ4n) is 1.84. The summed E-state index contributed by atoms with van der Waals surface area (Å²) in [5, 5.41) is 15.5. The number of amides is 2. The van der Waals surface area contributed by atoms with E-state index in [9.17, 15) is 14.9 Å². The Morgan fingerprint density at radius 3 is 2.68 bits per heavy atom. The van der Waals surface area contributed by atoms with Crippen molar-refractivity contribution < 1.29 is 14.5 Å². The Morgan fingerprint density at radius 2 is 2.04 bits per heavy atom. The summed E-state index contributed by atoms with van der Waals surface area (Å²) in [6, 6.07) is 8.33. The number of primary amides is 1. The predicted octanol–water partition coefficient (Wildman–Crippen LogP) is 3.48. The first-order chi connectivity index (χ1) is 11.9. The number of nitrogens with one attached hydrogen (secondary N) is 1. The van der Waals surface area contributed by atoms with E-state index < -0.39 is 11.0 Å². The molecule has 0 atom stereocenters. The number of hydrogen-bond donors (Lipinski definition) is 2. The molecule has 3 N–H and O–H groups in total. The number of halogens is 2. The summed E-state index contributed by atoms with van der Waals surface area (Å²) >= 11 is 11.8. The molecule has 25 heavy (non-hydrogen) atoms. The number of urea groups is 1. The number of rotatable bonds is 6. The first kappa shape index (κ1) is 18.5. The molecular formula is C15H12Cl2N4O4. The molecule has 0 bridgehead atoms. The molecule has 0 aromatic heterocycles. The highest BCUT2D eigenvalue weighted by Gasteiger charge is 2.16. The lowest BCUT2D eigenvalue weighted by Gasteiger charge is -2.08. The number of hydrazone groups is 1. The molecule has 0 heterocycles. The minimum absolute atomic E-state index is 0.0778. The van der Waals surface area contributed by atoms with Crippen molar-refractivity contribution >= 4 is 41.1 Å². The summed E-state index contributed by atoms with van der Waals surface area (Å²) in [5.74, 6) is 0.0797. The molecule has 0 saturated heterocycles. The minimum atomic E-state index is -0.840. The van der Waals surface area contributed by atoms with Crippen LogP contribution in [0.4, 0.5) is 10.5 Å². The van der Waals surface area contributed by atoms with E-state index in [1.807, 2.05) is 5.43 Å². The van der Waals surface area contributed by atoms with Crippen molar-refractivity contribution in [1.82, 2.24) is 5.43 Å². The smallest absolute Gasteiger partial charge is 0.332 e. The van der Waals surface area contributed by atoms with Gasteiger partial charge in [-0.05, 0) is 29.8 Å². The molecule has 0 aliphatic heterocycles. The largest absolute Gasteiger partial charge is 0.482 e. The maximum absolute atomic E-state index is 11.2. The molecule has 2 aromatic carbocycles. The van der Waals surface area contributed by atoms with Crippen molar-refractivity contribution in [2.24, 2.45) is 10.8 Å². The molecule has 0 radical (unpaired) electrons. The highest BCUT2D eigenvalue weighted by Crippen LogP contribution is 2.29. The van der Waals surface area contributed by atoms with Gasteiger partial charge in [-0.25, -0.2) is 10.2 Å². The second-order valence-electron chi connectivity index (χ2n) is 4.76. The van der Waals surface area contributed by atoms with Crippen molar-refractivity contribution in [2.75, 3.05) is 0 Å². The van der Waals surface area contributed by atoms with E-state index in [-0.39, 0.29) is 18.0 Å². The molecule has 0 spiro atoms. The van der Waals surface area contributed by atoms with E-state index in [0.29, 0.717) is 21.2 Å². The van der Waals surface area contributed by atoms with Gasteiger partial charge in [-0.1, -0.05) is 29.3 Å². The van der Waals surface area contributed by atoms with E-state index in [0.717, 1.165) is 0 Å². The Kier molecular flexibility index (Phi) is 6.15. The summed E-state index contributed by atoms with van der Waals surface area (Å²) < 4.78 is 5.50. The SMILES string of the molecule is NC(=O)NN=Cc1ccc(OCc2ccc(Cl)c(Cl)c2)c([N+](=O)[O-])c1. The number of nitrogens with two attached hydrogens (primary N) is 1. The number of nitrogens with zero attached hydrogens (tertiary/aromatic N) is 2. The lowest BCUT2D eigenvalue weighted by molar-refractivity contribution is -0.385. The Hall–Kier alpha value is -2.84. The molecule has 0 unspecified atom stereocenters. The molecule has 0 saturated carbocycles. The van der Waals surface area contributed by atoms with Crippen molar-refractivity contribution in [3.05, 3.63) is 67.7 Å². The van der Waals surface area contributed by atoms with Crippen LogP contribution in [0.5, 0.6) is 5.75 Å². The first-order valence-electron chi connectivity index (χ1n) is 6.80. The van der Waals surface area contributed by atoms with Gasteiger partial charge in [-0.15, -0.1) is 0 Å². The molecular weight excluding hydrogens is 371 g/mol.